The van der Waals surface area contributed by atoms with Crippen LogP contribution in [-0.4, -0.2) is 4.98 Å². The zero-order valence-corrected chi connectivity index (χ0v) is 32.8. The van der Waals surface area contributed by atoms with Crippen LogP contribution in [0.1, 0.15) is 0 Å². The Bertz CT molecular complexity index is 3230. The molecule has 0 aliphatic heterocycles. The molecule has 4 heteroatoms. The number of benzene rings is 9. The van der Waals surface area contributed by atoms with Crippen molar-refractivity contribution < 1.29 is 4.42 Å². The highest BCUT2D eigenvalue weighted by atomic mass is 32.1. The summed E-state index contributed by atoms with van der Waals surface area (Å²) in [6, 6.07) is 77.5. The number of hydrogen-bond donors (Lipinski definition) is 0. The molecule has 0 spiro atoms. The van der Waals surface area contributed by atoms with Crippen LogP contribution in [0.25, 0.3) is 87.2 Å². The monoisotopic (exact) mass is 772 g/mol. The summed E-state index contributed by atoms with van der Waals surface area (Å²) in [5.41, 5.74) is 15.0. The molecule has 11 aromatic rings. The minimum Gasteiger partial charge on any atom is -0.436 e. The van der Waals surface area contributed by atoms with E-state index in [9.17, 15) is 0 Å². The molecule has 0 saturated heterocycles. The highest BCUT2D eigenvalue weighted by Gasteiger charge is 2.23. The molecule has 0 saturated carbocycles. The quantitative estimate of drug-likeness (QED) is 0.154. The van der Waals surface area contributed by atoms with Crippen molar-refractivity contribution in [1.82, 2.24) is 4.98 Å². The van der Waals surface area contributed by atoms with Gasteiger partial charge in [-0.15, -0.1) is 11.3 Å². The van der Waals surface area contributed by atoms with E-state index in [1.807, 2.05) is 29.5 Å². The summed E-state index contributed by atoms with van der Waals surface area (Å²) in [5, 5.41) is 2.40. The minimum atomic E-state index is 0.620. The molecule has 278 valence electrons. The second-order valence-electron chi connectivity index (χ2n) is 14.7. The molecule has 0 fully saturated rings. The van der Waals surface area contributed by atoms with E-state index in [-0.39, 0.29) is 0 Å². The lowest BCUT2D eigenvalue weighted by atomic mass is 9.94. The van der Waals surface area contributed by atoms with Gasteiger partial charge in [0.05, 0.1) is 5.69 Å². The molecule has 3 nitrogen and oxygen atoms in total. The molecule has 0 amide bonds. The second-order valence-corrected chi connectivity index (χ2v) is 15.8. The molecular weight excluding hydrogens is 737 g/mol. The minimum absolute atomic E-state index is 0.620. The molecule has 0 bridgehead atoms. The molecule has 9 aromatic carbocycles. The Kier molecular flexibility index (Phi) is 8.68. The van der Waals surface area contributed by atoms with Gasteiger partial charge in [0.2, 0.25) is 5.89 Å². The summed E-state index contributed by atoms with van der Waals surface area (Å²) in [4.78, 5) is 7.59. The van der Waals surface area contributed by atoms with Gasteiger partial charge in [-0.1, -0.05) is 158 Å². The van der Waals surface area contributed by atoms with Gasteiger partial charge in [-0.3, -0.25) is 0 Å². The van der Waals surface area contributed by atoms with Crippen LogP contribution in [0, 0.1) is 0 Å². The van der Waals surface area contributed by atoms with Gasteiger partial charge in [-0.05, 0) is 94.0 Å². The third kappa shape index (κ3) is 6.37. The van der Waals surface area contributed by atoms with E-state index in [1.165, 1.54) is 42.4 Å². The first-order valence-corrected chi connectivity index (χ1v) is 20.7. The molecule has 0 unspecified atom stereocenters. The first kappa shape index (κ1) is 34.7. The van der Waals surface area contributed by atoms with E-state index in [4.69, 9.17) is 9.40 Å². The third-order valence-electron chi connectivity index (χ3n) is 11.1. The van der Waals surface area contributed by atoms with E-state index in [2.05, 4.69) is 205 Å². The first-order chi connectivity index (χ1) is 29.2. The van der Waals surface area contributed by atoms with Crippen molar-refractivity contribution in [2.75, 3.05) is 4.90 Å². The zero-order valence-electron chi connectivity index (χ0n) is 32.0. The van der Waals surface area contributed by atoms with Crippen molar-refractivity contribution in [1.29, 1.82) is 0 Å². The van der Waals surface area contributed by atoms with Crippen LogP contribution < -0.4 is 4.90 Å². The third-order valence-corrected chi connectivity index (χ3v) is 12.3. The molecule has 2 aromatic heterocycles. The summed E-state index contributed by atoms with van der Waals surface area (Å²) < 4.78 is 9.03. The van der Waals surface area contributed by atoms with Crippen LogP contribution in [0.3, 0.4) is 0 Å². The lowest BCUT2D eigenvalue weighted by Gasteiger charge is -2.28. The van der Waals surface area contributed by atoms with Gasteiger partial charge in [0.25, 0.3) is 0 Å². The van der Waals surface area contributed by atoms with Crippen molar-refractivity contribution in [2.24, 2.45) is 0 Å². The lowest BCUT2D eigenvalue weighted by Crippen LogP contribution is -2.11. The molecular formula is C55H36N2OS. The highest BCUT2D eigenvalue weighted by molar-refractivity contribution is 7.26. The van der Waals surface area contributed by atoms with E-state index in [0.29, 0.717) is 5.89 Å². The summed E-state index contributed by atoms with van der Waals surface area (Å²) in [7, 11) is 0. The Morgan fingerprint density at radius 3 is 1.58 bits per heavy atom. The number of para-hydroxylation sites is 1. The number of anilines is 3. The molecule has 0 aliphatic carbocycles. The number of oxazole rings is 1. The molecule has 0 radical (unpaired) electrons. The fourth-order valence-electron chi connectivity index (χ4n) is 8.24. The normalized spacial score (nSPS) is 11.4. The van der Waals surface area contributed by atoms with Crippen molar-refractivity contribution in [3.05, 3.63) is 218 Å². The molecule has 59 heavy (non-hydrogen) atoms. The van der Waals surface area contributed by atoms with Crippen molar-refractivity contribution in [2.45, 2.75) is 0 Å². The molecule has 0 atom stereocenters. The predicted octanol–water partition coefficient (Wildman–Crippen LogP) is 16.0. The first-order valence-electron chi connectivity index (χ1n) is 19.9. The number of hydrogen-bond acceptors (Lipinski definition) is 4. The van der Waals surface area contributed by atoms with Crippen LogP contribution >= 0.6 is 11.3 Å². The molecule has 0 aliphatic rings. The smallest absolute Gasteiger partial charge is 0.227 e. The van der Waals surface area contributed by atoms with Gasteiger partial charge in [0, 0.05) is 48.2 Å². The van der Waals surface area contributed by atoms with Gasteiger partial charge in [0.15, 0.2) is 5.58 Å². The van der Waals surface area contributed by atoms with E-state index in [0.717, 1.165) is 56.0 Å². The fourth-order valence-corrected chi connectivity index (χ4v) is 9.49. The predicted molar refractivity (Wildman–Crippen MR) is 249 cm³/mol. The van der Waals surface area contributed by atoms with Crippen molar-refractivity contribution in [3.63, 3.8) is 0 Å². The number of fused-ring (bicyclic) bond motifs is 4. The molecule has 11 rings (SSSR count). The van der Waals surface area contributed by atoms with Crippen LogP contribution in [-0.2, 0) is 0 Å². The van der Waals surface area contributed by atoms with Crippen LogP contribution in [0.15, 0.2) is 223 Å². The maximum Gasteiger partial charge on any atom is 0.227 e. The van der Waals surface area contributed by atoms with Gasteiger partial charge < -0.3 is 9.32 Å². The summed E-state index contributed by atoms with van der Waals surface area (Å²) in [5.74, 6) is 0.620. The number of nitrogens with zero attached hydrogens (tertiary/aromatic N) is 2. The van der Waals surface area contributed by atoms with Crippen LogP contribution in [0.2, 0.25) is 0 Å². The van der Waals surface area contributed by atoms with Crippen molar-refractivity contribution in [3.8, 4) is 56.0 Å². The van der Waals surface area contributed by atoms with Gasteiger partial charge >= 0.3 is 0 Å². The zero-order chi connectivity index (χ0) is 39.1. The highest BCUT2D eigenvalue weighted by Crippen LogP contribution is 2.48. The summed E-state index contributed by atoms with van der Waals surface area (Å²) in [6.45, 7) is 0. The maximum absolute atomic E-state index is 6.59. The SMILES string of the molecule is c1ccc(-c2ccc(-c3ccc(N(c4ccccc4)c4ccc(-c5c6nc(-c7ccccc7)oc6cc6c5sc5ccccc56)cc4-c4ccccc4)cc3)cc2)cc1. The summed E-state index contributed by atoms with van der Waals surface area (Å²) >= 11 is 1.82. The lowest BCUT2D eigenvalue weighted by molar-refractivity contribution is 0.620. The standard InChI is InChI=1S/C55H36N2OS/c1-5-15-37(16-6-1)38-25-27-39(28-26-38)40-29-32-45(33-30-40)57(44-21-11-4-12-22-44)49-34-31-43(35-47(49)41-17-7-2-8-18-41)52-53-50(58-55(56-53)42-19-9-3-10-20-42)36-48-46-23-13-14-24-51(46)59-54(48)52/h1-36H. The van der Waals surface area contributed by atoms with Crippen LogP contribution in [0.5, 0.6) is 0 Å². The Balaban J connectivity index is 1.08. The van der Waals surface area contributed by atoms with E-state index >= 15 is 0 Å². The second kappa shape index (κ2) is 14.8. The number of aromatic nitrogens is 1. The molecule has 2 heterocycles. The van der Waals surface area contributed by atoms with Crippen molar-refractivity contribution >= 4 is 59.7 Å². The largest absolute Gasteiger partial charge is 0.436 e. The Hall–Kier alpha value is -7.53. The van der Waals surface area contributed by atoms with Gasteiger partial charge in [-0.25, -0.2) is 4.98 Å². The average molecular weight is 773 g/mol. The average Bonchev–Trinajstić information content (AvgIpc) is 3.92. The Morgan fingerprint density at radius 1 is 0.407 bits per heavy atom. The van der Waals surface area contributed by atoms with E-state index in [1.54, 1.807) is 0 Å². The Labute approximate surface area is 346 Å². The number of thiophene rings is 1. The van der Waals surface area contributed by atoms with E-state index < -0.39 is 0 Å². The Morgan fingerprint density at radius 2 is 0.915 bits per heavy atom. The molecule has 0 N–H and O–H groups in total. The maximum atomic E-state index is 6.59. The van der Waals surface area contributed by atoms with Gasteiger partial charge in [0.1, 0.15) is 5.52 Å². The summed E-state index contributed by atoms with van der Waals surface area (Å²) in [6.07, 6.45) is 0. The fraction of sp³-hybridized carbons (Fsp3) is 0. The number of rotatable bonds is 8. The topological polar surface area (TPSA) is 29.3 Å². The van der Waals surface area contributed by atoms with Crippen LogP contribution in [0.4, 0.5) is 17.1 Å². The van der Waals surface area contributed by atoms with Gasteiger partial charge in [-0.2, -0.15) is 0 Å².